The minimum atomic E-state index is -1.52. The van der Waals surface area contributed by atoms with Crippen molar-refractivity contribution in [3.05, 3.63) is 70.2 Å². The molecule has 0 bridgehead atoms. The third-order valence-corrected chi connectivity index (χ3v) is 5.84. The van der Waals surface area contributed by atoms with Gasteiger partial charge < -0.3 is 28.4 Å². The maximum atomic E-state index is 14.5. The van der Waals surface area contributed by atoms with Gasteiger partial charge >= 0.3 is 30.3 Å². The first-order chi connectivity index (χ1) is 21.6. The smallest absolute Gasteiger partial charge is 0.463 e. The maximum Gasteiger partial charge on any atom is 0.519 e. The van der Waals surface area contributed by atoms with E-state index >= 15 is 0 Å². The van der Waals surface area contributed by atoms with Crippen LogP contribution in [0.3, 0.4) is 0 Å². The molecular weight excluding hydrogens is 661 g/mol. The van der Waals surface area contributed by atoms with Crippen molar-refractivity contribution in [3.8, 4) is 11.5 Å². The van der Waals surface area contributed by atoms with Crippen LogP contribution in [0.1, 0.15) is 27.7 Å². The van der Waals surface area contributed by atoms with Crippen molar-refractivity contribution in [1.29, 1.82) is 0 Å². The Morgan fingerprint density at radius 1 is 0.717 bits per heavy atom. The largest absolute Gasteiger partial charge is 0.519 e. The summed E-state index contributed by atoms with van der Waals surface area (Å²) in [6.45, 7) is 13.0. The second-order valence-corrected chi connectivity index (χ2v) is 9.81. The number of carbonyl (C=O) groups excluding carboxylic acids is 5. The quantitative estimate of drug-likeness (QED) is 0.102. The van der Waals surface area contributed by atoms with E-state index in [9.17, 15) is 32.8 Å². The van der Waals surface area contributed by atoms with Crippen molar-refractivity contribution in [3.63, 3.8) is 0 Å². The van der Waals surface area contributed by atoms with E-state index in [1.807, 2.05) is 10.6 Å². The number of rotatable bonds is 12. The number of hydrogen-bond donors (Lipinski definition) is 2. The number of esters is 2. The molecule has 2 aromatic rings. The van der Waals surface area contributed by atoms with Crippen LogP contribution in [0.25, 0.3) is 0 Å². The van der Waals surface area contributed by atoms with Crippen molar-refractivity contribution in [1.82, 2.24) is 0 Å². The predicted molar refractivity (Wildman–Crippen MR) is 160 cm³/mol. The Morgan fingerprint density at radius 3 is 1.37 bits per heavy atom. The highest BCUT2D eigenvalue weighted by atomic mass is 35.5. The minimum Gasteiger partial charge on any atom is -0.463 e. The maximum absolute atomic E-state index is 14.5. The third-order valence-electron chi connectivity index (χ3n) is 5.25. The predicted octanol–water partition coefficient (Wildman–Crippen LogP) is 6.96. The second kappa shape index (κ2) is 17.0. The molecule has 2 N–H and O–H groups in total. The molecule has 2 unspecified atom stereocenters. The summed E-state index contributed by atoms with van der Waals surface area (Å²) in [5.41, 5.74) is -0.914. The number of benzene rings is 2. The van der Waals surface area contributed by atoms with Gasteiger partial charge in [-0.25, -0.2) is 32.8 Å². The molecule has 2 aromatic carbocycles. The van der Waals surface area contributed by atoms with Gasteiger partial charge in [0, 0.05) is 12.1 Å². The van der Waals surface area contributed by atoms with Crippen LogP contribution in [0.15, 0.2) is 48.6 Å². The lowest BCUT2D eigenvalue weighted by Crippen LogP contribution is -2.32. The standard InChI is InChI=1S/C29H28Cl2F2N2O11/c1-7-41-25(36)23(13(3)4)45-27(38)34-19-11-21(15(30)9-17(19)32)43-29(40)44-22-12-20(18(33)10-16(22)31)35-28(39)46-24(14(5)6)26(37)42-8-2/h9-12,23-24H,3,5,7-8H2,1-2,4,6H3,(H,34,38)(H,35,39). The summed E-state index contributed by atoms with van der Waals surface area (Å²) in [6, 6.07) is 2.98. The fraction of sp³-hybridized carbons (Fsp3) is 0.276. The van der Waals surface area contributed by atoms with Crippen LogP contribution in [-0.4, -0.2) is 55.7 Å². The lowest BCUT2D eigenvalue weighted by atomic mass is 10.2. The Labute approximate surface area is 271 Å². The van der Waals surface area contributed by atoms with Gasteiger partial charge in [0.25, 0.3) is 0 Å². The van der Waals surface area contributed by atoms with Crippen LogP contribution in [0, 0.1) is 11.6 Å². The van der Waals surface area contributed by atoms with E-state index in [0.717, 1.165) is 12.1 Å². The number of anilines is 2. The van der Waals surface area contributed by atoms with Crippen molar-refractivity contribution in [2.75, 3.05) is 23.8 Å². The fourth-order valence-electron chi connectivity index (χ4n) is 3.24. The van der Waals surface area contributed by atoms with E-state index in [-0.39, 0.29) is 24.4 Å². The average molecular weight is 689 g/mol. The van der Waals surface area contributed by atoms with Crippen LogP contribution in [0.5, 0.6) is 11.5 Å². The number of nitrogens with one attached hydrogen (secondary N) is 2. The molecule has 0 aliphatic heterocycles. The number of amides is 2. The highest BCUT2D eigenvalue weighted by molar-refractivity contribution is 6.32. The van der Waals surface area contributed by atoms with E-state index in [0.29, 0.717) is 12.1 Å². The van der Waals surface area contributed by atoms with E-state index in [1.165, 1.54) is 27.7 Å². The van der Waals surface area contributed by atoms with Gasteiger partial charge in [-0.05, 0) is 51.0 Å². The van der Waals surface area contributed by atoms with E-state index in [4.69, 9.17) is 51.6 Å². The van der Waals surface area contributed by atoms with E-state index in [2.05, 4.69) is 13.2 Å². The number of ether oxygens (including phenoxy) is 6. The lowest BCUT2D eigenvalue weighted by Gasteiger charge is -2.17. The SMILES string of the molecule is C=C(C)C(OC(=O)Nc1cc(OC(=O)Oc2cc(NC(=O)OC(C(=C)C)C(=O)OCC)c(F)cc2Cl)c(Cl)cc1F)C(=O)OCC. The van der Waals surface area contributed by atoms with Crippen LogP contribution in [0.2, 0.25) is 10.0 Å². The molecule has 248 valence electrons. The number of carbonyl (C=O) groups is 5. The van der Waals surface area contributed by atoms with Crippen molar-refractivity contribution < 1.29 is 61.2 Å². The Balaban J connectivity index is 2.18. The molecule has 0 aromatic heterocycles. The summed E-state index contributed by atoms with van der Waals surface area (Å²) in [5.74, 6) is -5.00. The second-order valence-electron chi connectivity index (χ2n) is 9.00. The molecule has 0 spiro atoms. The molecule has 0 saturated heterocycles. The topological polar surface area (TPSA) is 165 Å². The Morgan fingerprint density at radius 2 is 1.07 bits per heavy atom. The zero-order chi connectivity index (χ0) is 34.7. The Kier molecular flexibility index (Phi) is 13.8. The molecule has 46 heavy (non-hydrogen) atoms. The van der Waals surface area contributed by atoms with Gasteiger partial charge in [-0.15, -0.1) is 0 Å². The van der Waals surface area contributed by atoms with Crippen molar-refractivity contribution >= 4 is 64.9 Å². The first-order valence-electron chi connectivity index (χ1n) is 13.0. The first kappa shape index (κ1) is 37.3. The van der Waals surface area contributed by atoms with Crippen molar-refractivity contribution in [2.24, 2.45) is 0 Å². The van der Waals surface area contributed by atoms with E-state index < -0.39 is 87.0 Å². The highest BCUT2D eigenvalue weighted by Crippen LogP contribution is 2.34. The van der Waals surface area contributed by atoms with Gasteiger partial charge in [0.05, 0.1) is 34.6 Å². The van der Waals surface area contributed by atoms with E-state index in [1.54, 1.807) is 0 Å². The highest BCUT2D eigenvalue weighted by Gasteiger charge is 2.28. The third kappa shape index (κ3) is 10.6. The molecule has 0 aliphatic rings. The molecule has 13 nitrogen and oxygen atoms in total. The molecule has 2 atom stereocenters. The molecule has 0 saturated carbocycles. The van der Waals surface area contributed by atoms with Gasteiger partial charge in [-0.3, -0.25) is 10.6 Å². The molecule has 0 radical (unpaired) electrons. The fourth-order valence-corrected chi connectivity index (χ4v) is 3.61. The van der Waals surface area contributed by atoms with Crippen molar-refractivity contribution in [2.45, 2.75) is 39.9 Å². The summed E-state index contributed by atoms with van der Waals surface area (Å²) in [4.78, 5) is 61.3. The van der Waals surface area contributed by atoms with Gasteiger partial charge in [0.1, 0.15) is 11.6 Å². The van der Waals surface area contributed by atoms with Gasteiger partial charge in [-0.1, -0.05) is 36.4 Å². The average Bonchev–Trinajstić information content (AvgIpc) is 2.95. The molecule has 2 rings (SSSR count). The Bertz CT molecular complexity index is 1440. The number of hydrogen-bond acceptors (Lipinski definition) is 11. The number of halogens is 4. The van der Waals surface area contributed by atoms with Crippen LogP contribution in [0.4, 0.5) is 34.5 Å². The molecule has 0 heterocycles. The van der Waals surface area contributed by atoms with Crippen LogP contribution >= 0.6 is 23.2 Å². The normalized spacial score (nSPS) is 11.7. The monoisotopic (exact) mass is 688 g/mol. The summed E-state index contributed by atoms with van der Waals surface area (Å²) < 4.78 is 58.6. The minimum absolute atomic E-state index is 0.00327. The zero-order valence-electron chi connectivity index (χ0n) is 24.8. The lowest BCUT2D eigenvalue weighted by molar-refractivity contribution is -0.151. The molecule has 0 aliphatic carbocycles. The molecule has 17 heteroatoms. The van der Waals surface area contributed by atoms with Gasteiger partial charge in [0.15, 0.2) is 11.5 Å². The first-order valence-corrected chi connectivity index (χ1v) is 13.8. The molecular formula is C29H28Cl2F2N2O11. The summed E-state index contributed by atoms with van der Waals surface area (Å²) in [6.07, 6.45) is -7.08. The summed E-state index contributed by atoms with van der Waals surface area (Å²) in [7, 11) is 0. The molecule has 2 amide bonds. The molecule has 0 fully saturated rings. The Hall–Kier alpha value is -4.89. The van der Waals surface area contributed by atoms with Crippen LogP contribution in [-0.2, 0) is 28.5 Å². The summed E-state index contributed by atoms with van der Waals surface area (Å²) >= 11 is 11.9. The summed E-state index contributed by atoms with van der Waals surface area (Å²) in [5, 5.41) is 3.18. The van der Waals surface area contributed by atoms with Gasteiger partial charge in [0.2, 0.25) is 12.2 Å². The van der Waals surface area contributed by atoms with Gasteiger partial charge in [-0.2, -0.15) is 0 Å². The van der Waals surface area contributed by atoms with Crippen LogP contribution < -0.4 is 20.1 Å². The zero-order valence-corrected chi connectivity index (χ0v) is 26.3.